The second kappa shape index (κ2) is 4.68. The average Bonchev–Trinajstić information content (AvgIpc) is 2.70. The maximum absolute atomic E-state index is 11.7. The van der Waals surface area contributed by atoms with Crippen molar-refractivity contribution in [2.45, 2.75) is 32.6 Å². The molecule has 3 rings (SSSR count). The van der Waals surface area contributed by atoms with Crippen molar-refractivity contribution in [3.63, 3.8) is 0 Å². The minimum Gasteiger partial charge on any atom is -0.353 e. The monoisotopic (exact) mass is 258 g/mol. The van der Waals surface area contributed by atoms with Gasteiger partial charge in [-0.2, -0.15) is 0 Å². The Bertz CT molecular complexity index is 523. The van der Waals surface area contributed by atoms with Gasteiger partial charge >= 0.3 is 0 Å². The summed E-state index contributed by atoms with van der Waals surface area (Å²) in [5.41, 5.74) is 3.75. The summed E-state index contributed by atoms with van der Waals surface area (Å²) in [5, 5.41) is 0. The second-order valence-corrected chi connectivity index (χ2v) is 5.36. The van der Waals surface area contributed by atoms with Gasteiger partial charge < -0.3 is 4.90 Å². The van der Waals surface area contributed by atoms with Gasteiger partial charge in [-0.05, 0) is 31.4 Å². The van der Waals surface area contributed by atoms with Crippen molar-refractivity contribution in [1.29, 1.82) is 0 Å². The van der Waals surface area contributed by atoms with Gasteiger partial charge in [-0.3, -0.25) is 14.5 Å². The van der Waals surface area contributed by atoms with E-state index in [9.17, 15) is 9.59 Å². The zero-order valence-corrected chi connectivity index (χ0v) is 11.2. The first kappa shape index (κ1) is 12.2. The van der Waals surface area contributed by atoms with Gasteiger partial charge in [-0.15, -0.1) is 0 Å². The van der Waals surface area contributed by atoms with Crippen LogP contribution in [0, 0.1) is 6.92 Å². The molecule has 0 aromatic heterocycles. The molecule has 0 unspecified atom stereocenters. The van der Waals surface area contributed by atoms with Crippen LogP contribution in [-0.2, 0) is 16.0 Å². The average molecular weight is 258 g/mol. The van der Waals surface area contributed by atoms with Crippen LogP contribution >= 0.6 is 0 Å². The van der Waals surface area contributed by atoms with E-state index in [1.807, 2.05) is 0 Å². The Balaban J connectivity index is 1.84. The molecule has 2 amide bonds. The zero-order chi connectivity index (χ0) is 13.4. The van der Waals surface area contributed by atoms with Crippen LogP contribution in [0.2, 0.25) is 0 Å². The van der Waals surface area contributed by atoms with E-state index in [4.69, 9.17) is 0 Å². The molecule has 0 aliphatic carbocycles. The van der Waals surface area contributed by atoms with Crippen LogP contribution in [0.25, 0.3) is 0 Å². The van der Waals surface area contributed by atoms with Gasteiger partial charge in [0, 0.05) is 25.1 Å². The maximum atomic E-state index is 11.7. The van der Waals surface area contributed by atoms with Gasteiger partial charge in [0.05, 0.1) is 0 Å². The van der Waals surface area contributed by atoms with E-state index in [2.05, 4.69) is 30.0 Å². The summed E-state index contributed by atoms with van der Waals surface area (Å²) in [6.07, 6.45) is 2.89. The SMILES string of the molecule is Cc1ccc2c(c1)CCCN2CN1C(=O)CCC1=O. The van der Waals surface area contributed by atoms with E-state index in [0.29, 0.717) is 19.5 Å². The van der Waals surface area contributed by atoms with Crippen LogP contribution in [0.1, 0.15) is 30.4 Å². The number of aryl methyl sites for hydroxylation is 2. The molecular formula is C15H18N2O2. The number of hydrogen-bond donors (Lipinski definition) is 0. The molecule has 1 aromatic carbocycles. The van der Waals surface area contributed by atoms with Crippen LogP contribution in [0.5, 0.6) is 0 Å². The molecule has 0 atom stereocenters. The topological polar surface area (TPSA) is 40.6 Å². The van der Waals surface area contributed by atoms with Crippen molar-refractivity contribution in [3.8, 4) is 0 Å². The van der Waals surface area contributed by atoms with Crippen molar-refractivity contribution >= 4 is 17.5 Å². The molecule has 1 saturated heterocycles. The third-order valence-corrected chi connectivity index (χ3v) is 3.92. The summed E-state index contributed by atoms with van der Waals surface area (Å²) < 4.78 is 0. The molecule has 0 spiro atoms. The van der Waals surface area contributed by atoms with Crippen LogP contribution in [0.3, 0.4) is 0 Å². The molecule has 2 heterocycles. The van der Waals surface area contributed by atoms with Crippen molar-refractivity contribution in [1.82, 2.24) is 4.90 Å². The summed E-state index contributed by atoms with van der Waals surface area (Å²) in [6.45, 7) is 3.41. The molecular weight excluding hydrogens is 240 g/mol. The molecule has 2 aliphatic heterocycles. The normalized spacial score (nSPS) is 19.0. The first-order valence-electron chi connectivity index (χ1n) is 6.83. The fraction of sp³-hybridized carbons (Fsp3) is 0.467. The zero-order valence-electron chi connectivity index (χ0n) is 11.2. The number of fused-ring (bicyclic) bond motifs is 1. The first-order chi connectivity index (χ1) is 9.15. The Kier molecular flexibility index (Phi) is 3.01. The van der Waals surface area contributed by atoms with Crippen molar-refractivity contribution in [2.24, 2.45) is 0 Å². The van der Waals surface area contributed by atoms with E-state index in [0.717, 1.165) is 19.4 Å². The number of hydrogen-bond acceptors (Lipinski definition) is 3. The number of benzene rings is 1. The predicted molar refractivity (Wildman–Crippen MR) is 72.8 cm³/mol. The summed E-state index contributed by atoms with van der Waals surface area (Å²) in [7, 11) is 0. The lowest BCUT2D eigenvalue weighted by Crippen LogP contribution is -2.43. The van der Waals surface area contributed by atoms with Gasteiger partial charge in [0.25, 0.3) is 0 Å². The Morgan fingerprint density at radius 2 is 1.84 bits per heavy atom. The molecule has 1 aromatic rings. The Labute approximate surface area is 113 Å². The lowest BCUT2D eigenvalue weighted by atomic mass is 10.00. The molecule has 0 saturated carbocycles. The van der Waals surface area contributed by atoms with E-state index >= 15 is 0 Å². The van der Waals surface area contributed by atoms with E-state index in [-0.39, 0.29) is 11.8 Å². The molecule has 100 valence electrons. The number of anilines is 1. The van der Waals surface area contributed by atoms with Crippen LogP contribution in [0.4, 0.5) is 5.69 Å². The highest BCUT2D eigenvalue weighted by molar-refractivity contribution is 6.02. The summed E-state index contributed by atoms with van der Waals surface area (Å²) >= 11 is 0. The van der Waals surface area contributed by atoms with E-state index in [1.54, 1.807) is 0 Å². The number of imide groups is 1. The fourth-order valence-corrected chi connectivity index (χ4v) is 2.90. The number of rotatable bonds is 2. The highest BCUT2D eigenvalue weighted by Gasteiger charge is 2.31. The molecule has 0 radical (unpaired) electrons. The highest BCUT2D eigenvalue weighted by atomic mass is 16.2. The third-order valence-electron chi connectivity index (χ3n) is 3.92. The van der Waals surface area contributed by atoms with Crippen LogP contribution < -0.4 is 4.90 Å². The smallest absolute Gasteiger partial charge is 0.231 e. The molecule has 0 N–H and O–H groups in total. The van der Waals surface area contributed by atoms with Gasteiger partial charge in [0.2, 0.25) is 11.8 Å². The lowest BCUT2D eigenvalue weighted by molar-refractivity contribution is -0.138. The molecule has 4 nitrogen and oxygen atoms in total. The van der Waals surface area contributed by atoms with E-state index in [1.165, 1.54) is 21.7 Å². The van der Waals surface area contributed by atoms with Crippen LogP contribution in [0.15, 0.2) is 18.2 Å². The van der Waals surface area contributed by atoms with Crippen molar-refractivity contribution < 1.29 is 9.59 Å². The number of likely N-dealkylation sites (tertiary alicyclic amines) is 1. The lowest BCUT2D eigenvalue weighted by Gasteiger charge is -2.34. The largest absolute Gasteiger partial charge is 0.353 e. The number of carbonyl (C=O) groups is 2. The minimum absolute atomic E-state index is 0.0377. The summed E-state index contributed by atoms with van der Waals surface area (Å²) in [5.74, 6) is -0.0755. The quantitative estimate of drug-likeness (QED) is 0.760. The highest BCUT2D eigenvalue weighted by Crippen LogP contribution is 2.28. The third kappa shape index (κ3) is 2.23. The fourth-order valence-electron chi connectivity index (χ4n) is 2.90. The van der Waals surface area contributed by atoms with Gasteiger partial charge in [-0.1, -0.05) is 17.7 Å². The predicted octanol–water partition coefficient (Wildman–Crippen LogP) is 1.85. The number of nitrogens with zero attached hydrogens (tertiary/aromatic N) is 2. The van der Waals surface area contributed by atoms with Crippen molar-refractivity contribution in [3.05, 3.63) is 29.3 Å². The first-order valence-corrected chi connectivity index (χ1v) is 6.83. The number of carbonyl (C=O) groups excluding carboxylic acids is 2. The van der Waals surface area contributed by atoms with Crippen LogP contribution in [-0.4, -0.2) is 29.9 Å². The Hall–Kier alpha value is -1.84. The Morgan fingerprint density at radius 1 is 1.11 bits per heavy atom. The summed E-state index contributed by atoms with van der Waals surface area (Å²) in [4.78, 5) is 27.0. The molecule has 0 bridgehead atoms. The van der Waals surface area contributed by atoms with Gasteiger partial charge in [0.15, 0.2) is 0 Å². The number of amides is 2. The van der Waals surface area contributed by atoms with Gasteiger partial charge in [-0.25, -0.2) is 0 Å². The maximum Gasteiger partial charge on any atom is 0.231 e. The molecule has 2 aliphatic rings. The van der Waals surface area contributed by atoms with Gasteiger partial charge in [0.1, 0.15) is 6.67 Å². The molecule has 4 heteroatoms. The summed E-state index contributed by atoms with van der Waals surface area (Å²) in [6, 6.07) is 6.40. The van der Waals surface area contributed by atoms with E-state index < -0.39 is 0 Å². The minimum atomic E-state index is -0.0377. The molecule has 19 heavy (non-hydrogen) atoms. The standard InChI is InChI=1S/C15H18N2O2/c1-11-4-5-13-12(9-11)3-2-8-16(13)10-17-14(18)6-7-15(17)19/h4-5,9H,2-3,6-8,10H2,1H3. The Morgan fingerprint density at radius 3 is 2.58 bits per heavy atom. The second-order valence-electron chi connectivity index (χ2n) is 5.36. The van der Waals surface area contributed by atoms with Crippen molar-refractivity contribution in [2.75, 3.05) is 18.1 Å². The molecule has 1 fully saturated rings.